The van der Waals surface area contributed by atoms with Crippen LogP contribution in [0.5, 0.6) is 0 Å². The molecule has 1 amide bonds. The Hall–Kier alpha value is -3.29. The highest BCUT2D eigenvalue weighted by molar-refractivity contribution is 6.10. The molecular weight excluding hydrogens is 290 g/mol. The van der Waals surface area contributed by atoms with Gasteiger partial charge in [0.25, 0.3) is 11.6 Å². The molecule has 0 aliphatic heterocycles. The highest BCUT2D eigenvalue weighted by atomic mass is 16.6. The fraction of sp³-hybridized carbons (Fsp3) is 0.0714. The second kappa shape index (κ2) is 6.00. The third-order valence-corrected chi connectivity index (χ3v) is 2.97. The first-order valence-corrected chi connectivity index (χ1v) is 6.14. The zero-order valence-corrected chi connectivity index (χ0v) is 11.4. The summed E-state index contributed by atoms with van der Waals surface area (Å²) in [7, 11) is 0. The van der Waals surface area contributed by atoms with Crippen molar-refractivity contribution in [1.82, 2.24) is 4.98 Å². The Morgan fingerprint density at radius 2 is 2.00 bits per heavy atom. The number of rotatable bonds is 4. The Balaban J connectivity index is 2.30. The Kier molecular flexibility index (Phi) is 4.12. The molecule has 8 nitrogen and oxygen atoms in total. The van der Waals surface area contributed by atoms with Gasteiger partial charge in [-0.15, -0.1) is 0 Å². The van der Waals surface area contributed by atoms with Gasteiger partial charge in [-0.2, -0.15) is 0 Å². The van der Waals surface area contributed by atoms with Crippen molar-refractivity contribution in [1.29, 1.82) is 0 Å². The van der Waals surface area contributed by atoms with E-state index in [-0.39, 0.29) is 16.8 Å². The number of anilines is 1. The number of benzene rings is 1. The van der Waals surface area contributed by atoms with Crippen LogP contribution < -0.4 is 5.32 Å². The number of nitro benzene ring substituents is 1. The quantitative estimate of drug-likeness (QED) is 0.659. The topological polar surface area (TPSA) is 122 Å². The Morgan fingerprint density at radius 1 is 1.27 bits per heavy atom. The Bertz CT molecular complexity index is 773. The number of carbonyl (C=O) groups is 2. The second-order valence-corrected chi connectivity index (χ2v) is 4.44. The fourth-order valence-electron chi connectivity index (χ4n) is 1.85. The van der Waals surface area contributed by atoms with Gasteiger partial charge in [-0.3, -0.25) is 19.9 Å². The molecule has 0 fully saturated rings. The van der Waals surface area contributed by atoms with Crippen LogP contribution in [0.3, 0.4) is 0 Å². The zero-order chi connectivity index (χ0) is 16.3. The summed E-state index contributed by atoms with van der Waals surface area (Å²) < 4.78 is 0. The van der Waals surface area contributed by atoms with E-state index in [4.69, 9.17) is 5.11 Å². The first kappa shape index (κ1) is 15.1. The summed E-state index contributed by atoms with van der Waals surface area (Å²) in [6, 6.07) is 5.26. The molecule has 1 heterocycles. The maximum atomic E-state index is 12.2. The monoisotopic (exact) mass is 301 g/mol. The van der Waals surface area contributed by atoms with Gasteiger partial charge in [0.1, 0.15) is 0 Å². The lowest BCUT2D eigenvalue weighted by molar-refractivity contribution is -0.384. The summed E-state index contributed by atoms with van der Waals surface area (Å²) in [5.74, 6) is -1.89. The number of carbonyl (C=O) groups excluding carboxylic acids is 1. The Morgan fingerprint density at radius 3 is 2.59 bits per heavy atom. The minimum Gasteiger partial charge on any atom is -0.478 e. The smallest absolute Gasteiger partial charge is 0.338 e. The molecule has 1 aromatic heterocycles. The molecule has 2 aromatic rings. The van der Waals surface area contributed by atoms with Gasteiger partial charge in [-0.05, 0) is 24.6 Å². The summed E-state index contributed by atoms with van der Waals surface area (Å²) >= 11 is 0. The van der Waals surface area contributed by atoms with E-state index in [2.05, 4.69) is 10.3 Å². The van der Waals surface area contributed by atoms with Crippen LogP contribution in [0.2, 0.25) is 0 Å². The first-order chi connectivity index (χ1) is 10.4. The van der Waals surface area contributed by atoms with Gasteiger partial charge in [-0.25, -0.2) is 4.79 Å². The minimum absolute atomic E-state index is 0.0414. The van der Waals surface area contributed by atoms with E-state index in [1.165, 1.54) is 30.5 Å². The van der Waals surface area contributed by atoms with Gasteiger partial charge in [-0.1, -0.05) is 0 Å². The zero-order valence-electron chi connectivity index (χ0n) is 11.4. The number of hydrogen-bond donors (Lipinski definition) is 2. The Labute approximate surface area is 124 Å². The molecule has 0 saturated carbocycles. The average Bonchev–Trinajstić information content (AvgIpc) is 2.48. The van der Waals surface area contributed by atoms with Crippen molar-refractivity contribution in [3.63, 3.8) is 0 Å². The van der Waals surface area contributed by atoms with Crippen LogP contribution in [0.1, 0.15) is 26.3 Å². The number of nitrogens with zero attached hydrogens (tertiary/aromatic N) is 2. The molecule has 2 rings (SSSR count). The third kappa shape index (κ3) is 3.06. The summed E-state index contributed by atoms with van der Waals surface area (Å²) in [6.45, 7) is 1.60. The lowest BCUT2D eigenvalue weighted by Crippen LogP contribution is -2.17. The molecule has 0 atom stereocenters. The number of carboxylic acid groups (broad SMARTS) is 1. The highest BCUT2D eigenvalue weighted by Gasteiger charge is 2.17. The SMILES string of the molecule is Cc1cc([N+](=O)[O-])ccc1NC(=O)c1ccncc1C(=O)O. The van der Waals surface area contributed by atoms with E-state index < -0.39 is 16.8 Å². The normalized spacial score (nSPS) is 10.0. The average molecular weight is 301 g/mol. The number of nitrogens with one attached hydrogen (secondary N) is 1. The van der Waals surface area contributed by atoms with Crippen LogP contribution in [0.25, 0.3) is 0 Å². The largest absolute Gasteiger partial charge is 0.478 e. The van der Waals surface area contributed by atoms with Crippen molar-refractivity contribution in [2.24, 2.45) is 0 Å². The van der Waals surface area contributed by atoms with Crippen molar-refractivity contribution in [2.45, 2.75) is 6.92 Å². The van der Waals surface area contributed by atoms with E-state index in [1.54, 1.807) is 6.92 Å². The lowest BCUT2D eigenvalue weighted by Gasteiger charge is -2.09. The molecule has 1 aromatic carbocycles. The molecule has 0 radical (unpaired) electrons. The molecule has 0 bridgehead atoms. The molecule has 0 spiro atoms. The van der Waals surface area contributed by atoms with Crippen LogP contribution in [0, 0.1) is 17.0 Å². The van der Waals surface area contributed by atoms with Crippen molar-refractivity contribution in [2.75, 3.05) is 5.32 Å². The second-order valence-electron chi connectivity index (χ2n) is 4.44. The summed E-state index contributed by atoms with van der Waals surface area (Å²) in [5.41, 5.74) is 0.502. The maximum Gasteiger partial charge on any atom is 0.338 e. The molecule has 112 valence electrons. The van der Waals surface area contributed by atoms with E-state index in [0.29, 0.717) is 11.3 Å². The first-order valence-electron chi connectivity index (χ1n) is 6.14. The van der Waals surface area contributed by atoms with Gasteiger partial charge >= 0.3 is 5.97 Å². The maximum absolute atomic E-state index is 12.2. The number of aryl methyl sites for hydroxylation is 1. The fourth-order valence-corrected chi connectivity index (χ4v) is 1.85. The summed E-state index contributed by atoms with van der Waals surface area (Å²) in [4.78, 5) is 37.0. The molecule has 0 aliphatic rings. The van der Waals surface area contributed by atoms with E-state index in [9.17, 15) is 19.7 Å². The molecule has 0 saturated heterocycles. The summed E-state index contributed by atoms with van der Waals surface area (Å²) in [5, 5.41) is 22.2. The van der Waals surface area contributed by atoms with Crippen LogP contribution in [0.4, 0.5) is 11.4 Å². The predicted molar refractivity (Wildman–Crippen MR) is 77.0 cm³/mol. The van der Waals surface area contributed by atoms with Crippen LogP contribution in [-0.4, -0.2) is 26.9 Å². The highest BCUT2D eigenvalue weighted by Crippen LogP contribution is 2.22. The van der Waals surface area contributed by atoms with Gasteiger partial charge in [0, 0.05) is 30.2 Å². The summed E-state index contributed by atoms with van der Waals surface area (Å²) in [6.07, 6.45) is 2.39. The van der Waals surface area contributed by atoms with Crippen molar-refractivity contribution >= 4 is 23.3 Å². The molecule has 22 heavy (non-hydrogen) atoms. The van der Waals surface area contributed by atoms with Crippen molar-refractivity contribution in [3.8, 4) is 0 Å². The molecule has 8 heteroatoms. The number of pyridine rings is 1. The molecule has 0 aliphatic carbocycles. The van der Waals surface area contributed by atoms with E-state index in [1.807, 2.05) is 0 Å². The lowest BCUT2D eigenvalue weighted by atomic mass is 10.1. The van der Waals surface area contributed by atoms with Crippen LogP contribution in [-0.2, 0) is 0 Å². The number of hydrogen-bond acceptors (Lipinski definition) is 5. The number of non-ortho nitro benzene ring substituents is 1. The van der Waals surface area contributed by atoms with Crippen LogP contribution in [0.15, 0.2) is 36.7 Å². The van der Waals surface area contributed by atoms with E-state index in [0.717, 1.165) is 6.20 Å². The van der Waals surface area contributed by atoms with Gasteiger partial charge in [0.2, 0.25) is 0 Å². The van der Waals surface area contributed by atoms with Crippen molar-refractivity contribution in [3.05, 3.63) is 63.5 Å². The number of nitro groups is 1. The molecular formula is C14H11N3O5. The number of aromatic carboxylic acids is 1. The standard InChI is InChI=1S/C14H11N3O5/c1-8-6-9(17(21)22)2-3-12(8)16-13(18)10-4-5-15-7-11(10)14(19)20/h2-7H,1H3,(H,16,18)(H,19,20). The number of carboxylic acids is 1. The van der Waals surface area contributed by atoms with Gasteiger partial charge in [0.05, 0.1) is 16.1 Å². The number of amides is 1. The van der Waals surface area contributed by atoms with Crippen molar-refractivity contribution < 1.29 is 19.6 Å². The van der Waals surface area contributed by atoms with Crippen LogP contribution >= 0.6 is 0 Å². The third-order valence-electron chi connectivity index (χ3n) is 2.97. The van der Waals surface area contributed by atoms with Gasteiger partial charge < -0.3 is 10.4 Å². The number of aromatic nitrogens is 1. The molecule has 2 N–H and O–H groups in total. The van der Waals surface area contributed by atoms with Gasteiger partial charge in [0.15, 0.2) is 0 Å². The van der Waals surface area contributed by atoms with E-state index >= 15 is 0 Å². The minimum atomic E-state index is -1.27. The predicted octanol–water partition coefficient (Wildman–Crippen LogP) is 2.25. The molecule has 0 unspecified atom stereocenters.